The number of amides is 1. The molecule has 0 aromatic carbocycles. The average Bonchev–Trinajstić information content (AvgIpc) is 3.04. The Balaban J connectivity index is 1.94. The molecule has 3 rings (SSSR count). The van der Waals surface area contributed by atoms with Crippen molar-refractivity contribution in [1.82, 2.24) is 4.90 Å². The summed E-state index contributed by atoms with van der Waals surface area (Å²) in [5.74, 6) is 0.279. The third kappa shape index (κ3) is 2.16. The molecule has 2 heterocycles. The van der Waals surface area contributed by atoms with Gasteiger partial charge in [0.1, 0.15) is 0 Å². The molecule has 1 aromatic heterocycles. The molecule has 1 saturated heterocycles. The van der Waals surface area contributed by atoms with Gasteiger partial charge in [0.15, 0.2) is 0 Å². The summed E-state index contributed by atoms with van der Waals surface area (Å²) < 4.78 is 1.11. The smallest absolute Gasteiger partial charge is 0.223 e. The first-order chi connectivity index (χ1) is 8.16. The number of carbonyl (C=O) groups excluding carboxylic acids is 1. The molecule has 2 N–H and O–H groups in total. The minimum absolute atomic E-state index is 0.0785. The molecule has 5 heteroatoms. The van der Waals surface area contributed by atoms with Gasteiger partial charge in [0, 0.05) is 18.5 Å². The number of hydrogen-bond donors (Lipinski definition) is 1. The SMILES string of the molecule is NC1CCC(=O)N(C2CC2)C1c1csc(Br)c1. The van der Waals surface area contributed by atoms with Crippen LogP contribution in [0.3, 0.4) is 0 Å². The second-order valence-electron chi connectivity index (χ2n) is 4.86. The Bertz CT molecular complexity index is 443. The molecule has 1 aromatic rings. The average molecular weight is 315 g/mol. The summed E-state index contributed by atoms with van der Waals surface area (Å²) in [6.07, 6.45) is 3.69. The van der Waals surface area contributed by atoms with Crippen molar-refractivity contribution < 1.29 is 4.79 Å². The molecule has 3 nitrogen and oxygen atoms in total. The van der Waals surface area contributed by atoms with E-state index in [-0.39, 0.29) is 18.0 Å². The summed E-state index contributed by atoms with van der Waals surface area (Å²) in [5, 5.41) is 2.11. The van der Waals surface area contributed by atoms with E-state index < -0.39 is 0 Å². The van der Waals surface area contributed by atoms with Gasteiger partial charge >= 0.3 is 0 Å². The summed E-state index contributed by atoms with van der Waals surface area (Å²) in [6, 6.07) is 2.71. The Morgan fingerprint density at radius 1 is 1.41 bits per heavy atom. The van der Waals surface area contributed by atoms with E-state index in [1.165, 1.54) is 5.56 Å². The second kappa shape index (κ2) is 4.37. The van der Waals surface area contributed by atoms with E-state index in [0.717, 1.165) is 23.0 Å². The van der Waals surface area contributed by atoms with Gasteiger partial charge < -0.3 is 10.6 Å². The lowest BCUT2D eigenvalue weighted by Crippen LogP contribution is -2.49. The number of rotatable bonds is 2. The summed E-state index contributed by atoms with van der Waals surface area (Å²) in [6.45, 7) is 0. The predicted molar refractivity (Wildman–Crippen MR) is 71.8 cm³/mol. The maximum Gasteiger partial charge on any atom is 0.223 e. The van der Waals surface area contributed by atoms with Crippen molar-refractivity contribution in [3.8, 4) is 0 Å². The maximum atomic E-state index is 12.1. The van der Waals surface area contributed by atoms with E-state index in [1.54, 1.807) is 11.3 Å². The van der Waals surface area contributed by atoms with Crippen LogP contribution < -0.4 is 5.73 Å². The zero-order valence-electron chi connectivity index (χ0n) is 9.43. The first-order valence-corrected chi connectivity index (χ1v) is 7.65. The van der Waals surface area contributed by atoms with Crippen LogP contribution in [0.25, 0.3) is 0 Å². The van der Waals surface area contributed by atoms with Gasteiger partial charge in [0.2, 0.25) is 5.91 Å². The highest BCUT2D eigenvalue weighted by Crippen LogP contribution is 2.41. The Labute approximate surface area is 113 Å². The molecule has 2 aliphatic rings. The lowest BCUT2D eigenvalue weighted by Gasteiger charge is -2.39. The summed E-state index contributed by atoms with van der Waals surface area (Å²) in [5.41, 5.74) is 7.42. The molecule has 1 aliphatic heterocycles. The predicted octanol–water partition coefficient (Wildman–Crippen LogP) is 2.66. The van der Waals surface area contributed by atoms with E-state index in [9.17, 15) is 4.79 Å². The van der Waals surface area contributed by atoms with Crippen LogP contribution in [0.1, 0.15) is 37.3 Å². The highest BCUT2D eigenvalue weighted by atomic mass is 79.9. The van der Waals surface area contributed by atoms with Crippen LogP contribution in [-0.2, 0) is 4.79 Å². The number of halogens is 1. The van der Waals surface area contributed by atoms with Crippen molar-refractivity contribution in [2.75, 3.05) is 0 Å². The highest BCUT2D eigenvalue weighted by molar-refractivity contribution is 9.11. The van der Waals surface area contributed by atoms with Crippen LogP contribution in [0.15, 0.2) is 15.2 Å². The van der Waals surface area contributed by atoms with E-state index >= 15 is 0 Å². The van der Waals surface area contributed by atoms with Crippen molar-refractivity contribution in [1.29, 1.82) is 0 Å². The monoisotopic (exact) mass is 314 g/mol. The van der Waals surface area contributed by atoms with Crippen LogP contribution in [0.5, 0.6) is 0 Å². The van der Waals surface area contributed by atoms with Gasteiger partial charge in [0.05, 0.1) is 9.83 Å². The molecule has 2 fully saturated rings. The molecule has 1 saturated carbocycles. The van der Waals surface area contributed by atoms with E-state index in [0.29, 0.717) is 12.5 Å². The first-order valence-electron chi connectivity index (χ1n) is 5.97. The standard InChI is InChI=1S/C12H15BrN2OS/c13-10-5-7(6-17-10)12-9(14)3-4-11(16)15(12)8-1-2-8/h5-6,8-9,12H,1-4,14H2. The topological polar surface area (TPSA) is 46.3 Å². The minimum Gasteiger partial charge on any atom is -0.331 e. The Kier molecular flexibility index (Phi) is 3.00. The molecule has 2 unspecified atom stereocenters. The molecule has 0 spiro atoms. The maximum absolute atomic E-state index is 12.1. The zero-order chi connectivity index (χ0) is 12.0. The fourth-order valence-electron chi connectivity index (χ4n) is 2.61. The Morgan fingerprint density at radius 2 is 2.18 bits per heavy atom. The number of nitrogens with two attached hydrogens (primary N) is 1. The van der Waals surface area contributed by atoms with Crippen molar-refractivity contribution in [2.24, 2.45) is 5.73 Å². The number of carbonyl (C=O) groups is 1. The van der Waals surface area contributed by atoms with E-state index in [4.69, 9.17) is 5.73 Å². The molecule has 0 radical (unpaired) electrons. The summed E-state index contributed by atoms with van der Waals surface area (Å²) >= 11 is 5.14. The van der Waals surface area contributed by atoms with E-state index in [1.807, 2.05) is 4.90 Å². The number of nitrogens with zero attached hydrogens (tertiary/aromatic N) is 1. The third-order valence-electron chi connectivity index (χ3n) is 3.55. The van der Waals surface area contributed by atoms with E-state index in [2.05, 4.69) is 27.4 Å². The van der Waals surface area contributed by atoms with Crippen LogP contribution in [-0.4, -0.2) is 22.9 Å². The van der Waals surface area contributed by atoms with Gasteiger partial charge in [-0.05, 0) is 52.2 Å². The Hall–Kier alpha value is -0.390. The van der Waals surface area contributed by atoms with Crippen molar-refractivity contribution in [3.63, 3.8) is 0 Å². The van der Waals surface area contributed by atoms with Crippen molar-refractivity contribution in [2.45, 2.75) is 43.8 Å². The molecule has 92 valence electrons. The number of thiophene rings is 1. The quantitative estimate of drug-likeness (QED) is 0.912. The molecule has 2 atom stereocenters. The van der Waals surface area contributed by atoms with Crippen LogP contribution in [0, 0.1) is 0 Å². The second-order valence-corrected chi connectivity index (χ2v) is 7.15. The fraction of sp³-hybridized carbons (Fsp3) is 0.583. The van der Waals surface area contributed by atoms with Gasteiger partial charge in [-0.3, -0.25) is 4.79 Å². The number of piperidine rings is 1. The summed E-state index contributed by atoms with van der Waals surface area (Å²) in [7, 11) is 0. The largest absolute Gasteiger partial charge is 0.331 e. The van der Waals surface area contributed by atoms with Crippen LogP contribution in [0.4, 0.5) is 0 Å². The third-order valence-corrected chi connectivity index (χ3v) is 5.08. The first kappa shape index (κ1) is 11.7. The normalized spacial score (nSPS) is 29.8. The molecule has 0 bridgehead atoms. The molecular weight excluding hydrogens is 300 g/mol. The summed E-state index contributed by atoms with van der Waals surface area (Å²) in [4.78, 5) is 14.1. The highest BCUT2D eigenvalue weighted by Gasteiger charge is 2.43. The lowest BCUT2D eigenvalue weighted by molar-refractivity contribution is -0.138. The minimum atomic E-state index is 0.0785. The van der Waals surface area contributed by atoms with Gasteiger partial charge in [-0.25, -0.2) is 0 Å². The Morgan fingerprint density at radius 3 is 2.76 bits per heavy atom. The van der Waals surface area contributed by atoms with Crippen molar-refractivity contribution in [3.05, 3.63) is 20.8 Å². The van der Waals surface area contributed by atoms with Crippen LogP contribution >= 0.6 is 27.3 Å². The number of likely N-dealkylation sites (tertiary alicyclic amines) is 1. The molecule has 1 amide bonds. The number of hydrogen-bond acceptors (Lipinski definition) is 3. The van der Waals surface area contributed by atoms with Gasteiger partial charge in [-0.2, -0.15) is 0 Å². The van der Waals surface area contributed by atoms with Gasteiger partial charge in [-0.15, -0.1) is 11.3 Å². The lowest BCUT2D eigenvalue weighted by atomic mass is 9.92. The molecule has 17 heavy (non-hydrogen) atoms. The zero-order valence-corrected chi connectivity index (χ0v) is 11.8. The fourth-order valence-corrected chi connectivity index (χ4v) is 3.81. The molecule has 1 aliphatic carbocycles. The van der Waals surface area contributed by atoms with Crippen molar-refractivity contribution >= 4 is 33.2 Å². The molecular formula is C12H15BrN2OS. The van der Waals surface area contributed by atoms with Crippen LogP contribution in [0.2, 0.25) is 0 Å². The van der Waals surface area contributed by atoms with Gasteiger partial charge in [-0.1, -0.05) is 0 Å². The van der Waals surface area contributed by atoms with Gasteiger partial charge in [0.25, 0.3) is 0 Å².